The van der Waals surface area contributed by atoms with E-state index in [1.54, 1.807) is 11.3 Å². The lowest BCUT2D eigenvalue weighted by Gasteiger charge is -2.37. The van der Waals surface area contributed by atoms with Gasteiger partial charge in [-0.1, -0.05) is 11.6 Å². The molecule has 2 atom stereocenters. The van der Waals surface area contributed by atoms with Crippen LogP contribution in [0.1, 0.15) is 37.6 Å². The first-order valence-electron chi connectivity index (χ1n) is 5.60. The van der Waals surface area contributed by atoms with Crippen molar-refractivity contribution in [2.24, 2.45) is 0 Å². The van der Waals surface area contributed by atoms with E-state index in [0.717, 1.165) is 10.9 Å². The second-order valence-corrected chi connectivity index (χ2v) is 6.14. The van der Waals surface area contributed by atoms with Crippen molar-refractivity contribution in [3.05, 3.63) is 21.3 Å². The molecule has 16 heavy (non-hydrogen) atoms. The Hall–Kier alpha value is -0.380. The zero-order valence-corrected chi connectivity index (χ0v) is 11.1. The lowest BCUT2D eigenvalue weighted by atomic mass is 10.00. The molecule has 0 bridgehead atoms. The molecule has 0 aliphatic carbocycles. The van der Waals surface area contributed by atoms with Crippen LogP contribution in [-0.2, 0) is 4.79 Å². The number of carbonyl (C=O) groups excluding carboxylic acids is 1. The number of halogens is 1. The Bertz CT molecular complexity index is 390. The second kappa shape index (κ2) is 4.86. The molecule has 1 saturated heterocycles. The molecule has 0 amide bonds. The van der Waals surface area contributed by atoms with Gasteiger partial charge in [0.05, 0.1) is 4.34 Å². The Kier molecular flexibility index (Phi) is 3.67. The van der Waals surface area contributed by atoms with Crippen molar-refractivity contribution >= 4 is 28.7 Å². The van der Waals surface area contributed by atoms with E-state index in [9.17, 15) is 4.79 Å². The fraction of sp³-hybridized carbons (Fsp3) is 0.583. The number of thiophene rings is 1. The van der Waals surface area contributed by atoms with E-state index in [4.69, 9.17) is 11.6 Å². The number of likely N-dealkylation sites (tertiary alicyclic amines) is 1. The van der Waals surface area contributed by atoms with Gasteiger partial charge in [0.25, 0.3) is 0 Å². The van der Waals surface area contributed by atoms with E-state index in [1.807, 2.05) is 6.07 Å². The van der Waals surface area contributed by atoms with E-state index >= 15 is 0 Å². The smallest absolute Gasteiger partial charge is 0.135 e. The van der Waals surface area contributed by atoms with E-state index in [2.05, 4.69) is 24.8 Å². The van der Waals surface area contributed by atoms with Gasteiger partial charge in [-0.3, -0.25) is 9.69 Å². The maximum atomic E-state index is 11.3. The maximum absolute atomic E-state index is 11.3. The molecule has 1 fully saturated rings. The maximum Gasteiger partial charge on any atom is 0.135 e. The molecule has 1 aromatic heterocycles. The Balaban J connectivity index is 2.09. The topological polar surface area (TPSA) is 20.3 Å². The third kappa shape index (κ3) is 2.47. The number of carbonyl (C=O) groups is 1. The van der Waals surface area contributed by atoms with E-state index in [0.29, 0.717) is 30.7 Å². The van der Waals surface area contributed by atoms with Crippen LogP contribution in [0.5, 0.6) is 0 Å². The highest BCUT2D eigenvalue weighted by atomic mass is 35.5. The summed E-state index contributed by atoms with van der Waals surface area (Å²) in [5.41, 5.74) is 0. The summed E-state index contributed by atoms with van der Waals surface area (Å²) in [7, 11) is 0. The van der Waals surface area contributed by atoms with Crippen molar-refractivity contribution in [2.75, 3.05) is 6.54 Å². The number of rotatable bonds is 2. The molecule has 0 spiro atoms. The summed E-state index contributed by atoms with van der Waals surface area (Å²) in [5.74, 6) is 0.389. The quantitative estimate of drug-likeness (QED) is 0.808. The van der Waals surface area contributed by atoms with Crippen LogP contribution in [0.25, 0.3) is 0 Å². The number of piperidine rings is 1. The summed E-state index contributed by atoms with van der Waals surface area (Å²) >= 11 is 7.58. The van der Waals surface area contributed by atoms with Gasteiger partial charge in [-0.25, -0.2) is 0 Å². The van der Waals surface area contributed by atoms with Crippen LogP contribution in [0.3, 0.4) is 0 Å². The predicted molar refractivity (Wildman–Crippen MR) is 68.2 cm³/mol. The van der Waals surface area contributed by atoms with Crippen LogP contribution in [0.2, 0.25) is 4.34 Å². The van der Waals surface area contributed by atoms with Gasteiger partial charge in [0.2, 0.25) is 0 Å². The number of ketones is 1. The summed E-state index contributed by atoms with van der Waals surface area (Å²) < 4.78 is 0.836. The van der Waals surface area contributed by atoms with Gasteiger partial charge in [-0.15, -0.1) is 11.3 Å². The highest BCUT2D eigenvalue weighted by Gasteiger charge is 2.28. The van der Waals surface area contributed by atoms with Gasteiger partial charge in [0.15, 0.2) is 0 Å². The second-order valence-electron chi connectivity index (χ2n) is 4.40. The molecule has 1 aromatic rings. The van der Waals surface area contributed by atoms with E-state index in [1.165, 1.54) is 4.88 Å². The van der Waals surface area contributed by atoms with Gasteiger partial charge in [-0.2, -0.15) is 0 Å². The van der Waals surface area contributed by atoms with E-state index in [-0.39, 0.29) is 0 Å². The average molecular weight is 258 g/mol. The fourth-order valence-electron chi connectivity index (χ4n) is 2.31. The Morgan fingerprint density at radius 1 is 1.56 bits per heavy atom. The summed E-state index contributed by atoms with van der Waals surface area (Å²) in [5, 5.41) is 0. The monoisotopic (exact) mass is 257 g/mol. The summed E-state index contributed by atoms with van der Waals surface area (Å²) in [6, 6.07) is 4.73. The van der Waals surface area contributed by atoms with Gasteiger partial charge < -0.3 is 0 Å². The number of nitrogens with zero attached hydrogens (tertiary/aromatic N) is 1. The van der Waals surface area contributed by atoms with Crippen LogP contribution in [0.15, 0.2) is 12.1 Å². The SMILES string of the molecule is CC1CC(=O)CCN1C(C)c1ccc(Cl)s1. The molecule has 4 heteroatoms. The molecule has 2 nitrogen and oxygen atoms in total. The molecule has 0 saturated carbocycles. The Morgan fingerprint density at radius 2 is 2.31 bits per heavy atom. The molecule has 0 N–H and O–H groups in total. The Morgan fingerprint density at radius 3 is 2.88 bits per heavy atom. The van der Waals surface area contributed by atoms with Crippen LogP contribution >= 0.6 is 22.9 Å². The lowest BCUT2D eigenvalue weighted by molar-refractivity contribution is -0.123. The van der Waals surface area contributed by atoms with Gasteiger partial charge in [0.1, 0.15) is 5.78 Å². The highest BCUT2D eigenvalue weighted by molar-refractivity contribution is 7.16. The zero-order chi connectivity index (χ0) is 11.7. The molecule has 1 aliphatic heterocycles. The molecule has 1 aliphatic rings. The summed E-state index contributed by atoms with van der Waals surface area (Å²) in [6.07, 6.45) is 1.37. The molecule has 0 radical (unpaired) electrons. The van der Waals surface area contributed by atoms with Crippen molar-refractivity contribution in [2.45, 2.75) is 38.8 Å². The number of Topliss-reactive ketones (excluding diaryl/α,β-unsaturated/α-hetero) is 1. The third-order valence-corrected chi connectivity index (χ3v) is 4.64. The summed E-state index contributed by atoms with van der Waals surface area (Å²) in [4.78, 5) is 15.0. The fourth-order valence-corrected chi connectivity index (χ4v) is 3.45. The van der Waals surface area contributed by atoms with Crippen LogP contribution in [0.4, 0.5) is 0 Å². The van der Waals surface area contributed by atoms with Crippen molar-refractivity contribution in [3.8, 4) is 0 Å². The molecule has 0 aromatic carbocycles. The minimum atomic E-state index is 0.345. The zero-order valence-electron chi connectivity index (χ0n) is 9.57. The minimum absolute atomic E-state index is 0.345. The average Bonchev–Trinajstić information content (AvgIpc) is 2.64. The first-order valence-corrected chi connectivity index (χ1v) is 6.80. The third-order valence-electron chi connectivity index (χ3n) is 3.24. The van der Waals surface area contributed by atoms with Crippen molar-refractivity contribution < 1.29 is 4.79 Å². The highest BCUT2D eigenvalue weighted by Crippen LogP contribution is 2.33. The van der Waals surface area contributed by atoms with Gasteiger partial charge in [0, 0.05) is 36.3 Å². The lowest BCUT2D eigenvalue weighted by Crippen LogP contribution is -2.42. The van der Waals surface area contributed by atoms with Crippen molar-refractivity contribution in [1.82, 2.24) is 4.90 Å². The van der Waals surface area contributed by atoms with Crippen molar-refractivity contribution in [1.29, 1.82) is 0 Å². The van der Waals surface area contributed by atoms with Crippen LogP contribution in [0, 0.1) is 0 Å². The molecule has 2 unspecified atom stereocenters. The molecule has 2 heterocycles. The summed E-state index contributed by atoms with van der Waals surface area (Å²) in [6.45, 7) is 5.19. The van der Waals surface area contributed by atoms with Crippen LogP contribution in [-0.4, -0.2) is 23.3 Å². The van der Waals surface area contributed by atoms with Crippen LogP contribution < -0.4 is 0 Å². The normalized spacial score (nSPS) is 24.7. The van der Waals surface area contributed by atoms with Gasteiger partial charge in [-0.05, 0) is 26.0 Å². The van der Waals surface area contributed by atoms with Gasteiger partial charge >= 0.3 is 0 Å². The first-order chi connectivity index (χ1) is 7.58. The largest absolute Gasteiger partial charge is 0.300 e. The standard InChI is InChI=1S/C12H16ClNOS/c1-8-7-10(15)5-6-14(8)9(2)11-3-4-12(13)16-11/h3-4,8-9H,5-7H2,1-2H3. The number of hydrogen-bond donors (Lipinski definition) is 0. The first kappa shape index (κ1) is 12.1. The number of hydrogen-bond acceptors (Lipinski definition) is 3. The molecular formula is C12H16ClNOS. The van der Waals surface area contributed by atoms with Crippen molar-refractivity contribution in [3.63, 3.8) is 0 Å². The van der Waals surface area contributed by atoms with E-state index < -0.39 is 0 Å². The molecule has 88 valence electrons. The predicted octanol–water partition coefficient (Wildman–Crippen LogP) is 3.52. The minimum Gasteiger partial charge on any atom is -0.300 e. The Labute approximate surface area is 105 Å². The molecular weight excluding hydrogens is 242 g/mol. The molecule has 2 rings (SSSR count).